The Bertz CT molecular complexity index is 1480. The van der Waals surface area contributed by atoms with Gasteiger partial charge in [0.15, 0.2) is 0 Å². The fourth-order valence-electron chi connectivity index (χ4n) is 6.26. The van der Waals surface area contributed by atoms with E-state index < -0.39 is 17.4 Å². The molecule has 3 aliphatic heterocycles. The fraction of sp³-hybridized carbons (Fsp3) is 0.276. The number of ether oxygens (including phenoxy) is 1. The predicted octanol–water partition coefficient (Wildman–Crippen LogP) is 4.93. The molecular weight excluding hydrogens is 525 g/mol. The summed E-state index contributed by atoms with van der Waals surface area (Å²) in [5, 5.41) is 4.31. The summed E-state index contributed by atoms with van der Waals surface area (Å²) in [5.41, 5.74) is 1.32. The summed E-state index contributed by atoms with van der Waals surface area (Å²) in [6, 6.07) is 19.2. The van der Waals surface area contributed by atoms with Crippen LogP contribution in [-0.2, 0) is 26.5 Å². The van der Waals surface area contributed by atoms with Crippen LogP contribution in [0.5, 0.6) is 5.75 Å². The second-order valence-corrected chi connectivity index (χ2v) is 10.7. The zero-order chi connectivity index (χ0) is 26.8. The number of halogens is 2. The summed E-state index contributed by atoms with van der Waals surface area (Å²) in [5.74, 6) is -1.86. The third-order valence-electron chi connectivity index (χ3n) is 7.96. The predicted molar refractivity (Wildman–Crippen MR) is 145 cm³/mol. The van der Waals surface area contributed by atoms with E-state index >= 15 is 0 Å². The van der Waals surface area contributed by atoms with Crippen molar-refractivity contribution in [3.05, 3.63) is 87.9 Å². The van der Waals surface area contributed by atoms with Crippen LogP contribution in [-0.4, -0.2) is 30.9 Å². The summed E-state index contributed by atoms with van der Waals surface area (Å²) in [7, 11) is 1.56. The van der Waals surface area contributed by atoms with Gasteiger partial charge in [-0.3, -0.25) is 19.7 Å². The molecule has 7 nitrogen and oxygen atoms in total. The lowest BCUT2D eigenvalue weighted by atomic mass is 9.76. The summed E-state index contributed by atoms with van der Waals surface area (Å²) in [6.07, 6.45) is 0.584. The van der Waals surface area contributed by atoms with E-state index in [2.05, 4.69) is 5.32 Å². The highest BCUT2D eigenvalue weighted by molar-refractivity contribution is 6.42. The Kier molecular flexibility index (Phi) is 5.98. The molecule has 0 bridgehead atoms. The second kappa shape index (κ2) is 9.12. The molecule has 2 saturated heterocycles. The lowest BCUT2D eigenvalue weighted by Gasteiger charge is -2.30. The average Bonchev–Trinajstić information content (AvgIpc) is 3.50. The van der Waals surface area contributed by atoms with E-state index in [1.54, 1.807) is 48.4 Å². The van der Waals surface area contributed by atoms with Crippen molar-refractivity contribution in [1.29, 1.82) is 0 Å². The van der Waals surface area contributed by atoms with Crippen molar-refractivity contribution < 1.29 is 19.1 Å². The van der Waals surface area contributed by atoms with E-state index in [0.29, 0.717) is 39.2 Å². The highest BCUT2D eigenvalue weighted by atomic mass is 35.5. The van der Waals surface area contributed by atoms with E-state index in [9.17, 15) is 14.4 Å². The number of carbonyl (C=O) groups excluding carboxylic acids is 3. The van der Waals surface area contributed by atoms with Crippen LogP contribution in [0.3, 0.4) is 0 Å². The number of para-hydroxylation sites is 1. The molecule has 3 aliphatic rings. The summed E-state index contributed by atoms with van der Waals surface area (Å²) in [6.45, 7) is 2.20. The van der Waals surface area contributed by atoms with Crippen molar-refractivity contribution in [2.24, 2.45) is 11.8 Å². The number of carbonyl (C=O) groups is 3. The first-order chi connectivity index (χ1) is 18.3. The summed E-state index contributed by atoms with van der Waals surface area (Å²) >= 11 is 12.4. The minimum Gasteiger partial charge on any atom is -0.497 e. The van der Waals surface area contributed by atoms with Crippen molar-refractivity contribution in [2.75, 3.05) is 16.9 Å². The first kappa shape index (κ1) is 24.9. The molecule has 3 heterocycles. The first-order valence-corrected chi connectivity index (χ1v) is 13.2. The molecule has 1 spiro atoms. The number of benzene rings is 3. The molecule has 0 aliphatic carbocycles. The molecule has 3 aromatic rings. The van der Waals surface area contributed by atoms with Crippen LogP contribution in [0.2, 0.25) is 10.0 Å². The summed E-state index contributed by atoms with van der Waals surface area (Å²) in [4.78, 5) is 45.2. The largest absolute Gasteiger partial charge is 0.497 e. The van der Waals surface area contributed by atoms with Gasteiger partial charge in [-0.05, 0) is 54.4 Å². The highest BCUT2D eigenvalue weighted by Crippen LogP contribution is 2.55. The van der Waals surface area contributed by atoms with Gasteiger partial charge in [-0.1, -0.05) is 54.4 Å². The van der Waals surface area contributed by atoms with Gasteiger partial charge in [0.25, 0.3) is 5.91 Å². The molecule has 3 amide bonds. The Morgan fingerprint density at radius 1 is 0.947 bits per heavy atom. The first-order valence-electron chi connectivity index (χ1n) is 12.5. The van der Waals surface area contributed by atoms with Gasteiger partial charge in [0.1, 0.15) is 11.3 Å². The van der Waals surface area contributed by atoms with Crippen LogP contribution in [0.4, 0.5) is 11.4 Å². The van der Waals surface area contributed by atoms with E-state index in [1.165, 1.54) is 4.90 Å². The minimum atomic E-state index is -1.36. The van der Waals surface area contributed by atoms with Crippen molar-refractivity contribution in [1.82, 2.24) is 5.32 Å². The van der Waals surface area contributed by atoms with Gasteiger partial charge in [0, 0.05) is 17.3 Å². The molecule has 6 rings (SSSR count). The van der Waals surface area contributed by atoms with E-state index in [-0.39, 0.29) is 30.3 Å². The van der Waals surface area contributed by atoms with Gasteiger partial charge in [-0.25, -0.2) is 4.90 Å². The molecule has 0 unspecified atom stereocenters. The number of hydrogen-bond donors (Lipinski definition) is 1. The van der Waals surface area contributed by atoms with Crippen molar-refractivity contribution in [2.45, 2.75) is 31.5 Å². The molecule has 1 N–H and O–H groups in total. The number of hydrogen-bond acceptors (Lipinski definition) is 5. The third kappa shape index (κ3) is 3.42. The van der Waals surface area contributed by atoms with Gasteiger partial charge < -0.3 is 9.64 Å². The van der Waals surface area contributed by atoms with Gasteiger partial charge in [-0.2, -0.15) is 0 Å². The zero-order valence-corrected chi connectivity index (χ0v) is 22.3. The number of rotatable bonds is 5. The lowest BCUT2D eigenvalue weighted by Crippen LogP contribution is -2.55. The van der Waals surface area contributed by atoms with Crippen LogP contribution in [0, 0.1) is 11.8 Å². The average molecular weight is 550 g/mol. The molecular formula is C29H25Cl2N3O4. The van der Waals surface area contributed by atoms with Gasteiger partial charge in [-0.15, -0.1) is 0 Å². The molecule has 0 aromatic heterocycles. The van der Waals surface area contributed by atoms with Crippen LogP contribution in [0.25, 0.3) is 0 Å². The highest BCUT2D eigenvalue weighted by Gasteiger charge is 2.71. The van der Waals surface area contributed by atoms with Crippen molar-refractivity contribution in [3.63, 3.8) is 0 Å². The second-order valence-electron chi connectivity index (χ2n) is 9.84. The molecule has 3 aromatic carbocycles. The molecule has 0 radical (unpaired) electrons. The summed E-state index contributed by atoms with van der Waals surface area (Å²) < 4.78 is 5.23. The maximum atomic E-state index is 14.4. The number of fused-ring (bicyclic) bond motifs is 4. The smallest absolute Gasteiger partial charge is 0.253 e. The van der Waals surface area contributed by atoms with E-state index in [1.807, 2.05) is 37.3 Å². The number of nitrogens with one attached hydrogen (secondary N) is 1. The number of anilines is 2. The van der Waals surface area contributed by atoms with Gasteiger partial charge >= 0.3 is 0 Å². The molecule has 0 saturated carbocycles. The minimum absolute atomic E-state index is 0.245. The Morgan fingerprint density at radius 2 is 1.68 bits per heavy atom. The Hall–Kier alpha value is -3.39. The van der Waals surface area contributed by atoms with Crippen molar-refractivity contribution in [3.8, 4) is 5.75 Å². The fourth-order valence-corrected chi connectivity index (χ4v) is 6.58. The van der Waals surface area contributed by atoms with E-state index in [4.69, 9.17) is 27.9 Å². The molecule has 38 heavy (non-hydrogen) atoms. The van der Waals surface area contributed by atoms with Crippen LogP contribution < -0.4 is 19.9 Å². The number of nitrogens with zero attached hydrogens (tertiary/aromatic N) is 2. The standard InChI is InChI=1S/C29H25Cl2N3O4/c1-3-22-24-25(27(36)34(26(24)35)17-9-11-18(38-2)12-10-17)29(32-22)19-6-4-5-7-23(19)33(28(29)37)15-16-8-13-20(30)21(31)14-16/h4-14,22,24-25,32H,3,15H2,1-2H3/t22-,24+,25+,29-/m0/s1. The SMILES string of the molecule is CC[C@@H]1N[C@]2(C(=O)N(Cc3ccc(Cl)c(Cl)c3)c3ccccc32)[C@H]2C(=O)N(c3ccc(OC)cc3)C(=O)[C@H]12. The van der Waals surface area contributed by atoms with Gasteiger partial charge in [0.05, 0.1) is 41.2 Å². The normalized spacial score (nSPS) is 25.9. The quantitative estimate of drug-likeness (QED) is 0.456. The zero-order valence-electron chi connectivity index (χ0n) is 20.8. The topological polar surface area (TPSA) is 79.0 Å². The number of methoxy groups -OCH3 is 1. The monoisotopic (exact) mass is 549 g/mol. The van der Waals surface area contributed by atoms with Crippen LogP contribution in [0.15, 0.2) is 66.7 Å². The Morgan fingerprint density at radius 3 is 2.37 bits per heavy atom. The van der Waals surface area contributed by atoms with E-state index in [0.717, 1.165) is 5.56 Å². The van der Waals surface area contributed by atoms with Gasteiger partial charge in [0.2, 0.25) is 11.8 Å². The number of imide groups is 1. The lowest BCUT2D eigenvalue weighted by molar-refractivity contribution is -0.132. The third-order valence-corrected chi connectivity index (χ3v) is 8.70. The maximum Gasteiger partial charge on any atom is 0.253 e. The van der Waals surface area contributed by atoms with Crippen molar-refractivity contribution >= 4 is 52.3 Å². The number of amides is 3. The Balaban J connectivity index is 1.45. The molecule has 4 atom stereocenters. The molecule has 2 fully saturated rings. The van der Waals surface area contributed by atoms with Crippen LogP contribution in [0.1, 0.15) is 24.5 Å². The maximum absolute atomic E-state index is 14.4. The van der Waals surface area contributed by atoms with Crippen LogP contribution >= 0.6 is 23.2 Å². The molecule has 194 valence electrons. The molecule has 9 heteroatoms. The Labute approximate surface area is 230 Å².